The molecule has 0 aliphatic carbocycles. The van der Waals surface area contributed by atoms with Crippen LogP contribution in [0.4, 0.5) is 11.4 Å². The summed E-state index contributed by atoms with van der Waals surface area (Å²) in [6.45, 7) is 4.35. The predicted octanol–water partition coefficient (Wildman–Crippen LogP) is 4.28. The van der Waals surface area contributed by atoms with Crippen LogP contribution in [0.3, 0.4) is 0 Å². The molecule has 18 heavy (non-hydrogen) atoms. The molecule has 0 fully saturated rings. The monoisotopic (exact) mass is 242 g/mol. The number of hydrogen-bond acceptors (Lipinski definition) is 2. The van der Waals surface area contributed by atoms with Gasteiger partial charge < -0.3 is 11.5 Å². The summed E-state index contributed by atoms with van der Waals surface area (Å²) in [5.74, 6) is 0.450. The highest BCUT2D eigenvalue weighted by Crippen LogP contribution is 2.31. The third kappa shape index (κ3) is 2.83. The zero-order chi connectivity index (χ0) is 12.4. The molecule has 0 spiro atoms. The molecule has 0 aliphatic heterocycles. The summed E-state index contributed by atoms with van der Waals surface area (Å²) < 4.78 is 0. The van der Waals surface area contributed by atoms with Gasteiger partial charge in [0.25, 0.3) is 0 Å². The molecule has 0 heterocycles. The summed E-state index contributed by atoms with van der Waals surface area (Å²) in [5, 5.41) is 0. The molecule has 2 nitrogen and oxygen atoms in total. The average Bonchev–Trinajstić information content (AvgIpc) is 2.30. The van der Waals surface area contributed by atoms with E-state index in [4.69, 9.17) is 11.5 Å². The fourth-order valence-corrected chi connectivity index (χ4v) is 1.98. The molecular formula is C16H22N2. The number of benzene rings is 2. The van der Waals surface area contributed by atoms with Crippen LogP contribution in [-0.2, 0) is 0 Å². The van der Waals surface area contributed by atoms with Gasteiger partial charge >= 0.3 is 0 Å². The molecule has 2 rings (SSSR count). The minimum atomic E-state index is 0. The molecule has 2 aromatic carbocycles. The fraction of sp³-hybridized carbons (Fsp3) is 0.250. The van der Waals surface area contributed by atoms with E-state index >= 15 is 0 Å². The Hall–Kier alpha value is -1.96. The lowest BCUT2D eigenvalue weighted by Crippen LogP contribution is -1.95. The van der Waals surface area contributed by atoms with Crippen molar-refractivity contribution < 1.29 is 0 Å². The van der Waals surface area contributed by atoms with E-state index in [9.17, 15) is 0 Å². The second-order valence-electron chi connectivity index (χ2n) is 4.62. The van der Waals surface area contributed by atoms with Gasteiger partial charge in [0.1, 0.15) is 0 Å². The maximum absolute atomic E-state index is 5.85. The van der Waals surface area contributed by atoms with Crippen molar-refractivity contribution in [2.24, 2.45) is 0 Å². The van der Waals surface area contributed by atoms with E-state index in [-0.39, 0.29) is 7.43 Å². The van der Waals surface area contributed by atoms with E-state index in [1.54, 1.807) is 0 Å². The Kier molecular flexibility index (Phi) is 4.38. The van der Waals surface area contributed by atoms with Gasteiger partial charge in [0.2, 0.25) is 0 Å². The summed E-state index contributed by atoms with van der Waals surface area (Å²) >= 11 is 0. The molecule has 0 amide bonds. The van der Waals surface area contributed by atoms with Crippen LogP contribution in [-0.4, -0.2) is 0 Å². The van der Waals surface area contributed by atoms with Crippen LogP contribution < -0.4 is 11.5 Å². The maximum atomic E-state index is 5.85. The smallest absolute Gasteiger partial charge is 0.0317 e. The highest BCUT2D eigenvalue weighted by atomic mass is 14.5. The Morgan fingerprint density at radius 1 is 0.833 bits per heavy atom. The van der Waals surface area contributed by atoms with Gasteiger partial charge in [0.05, 0.1) is 0 Å². The first-order chi connectivity index (χ1) is 8.08. The minimum absolute atomic E-state index is 0. The molecular weight excluding hydrogens is 220 g/mol. The van der Waals surface area contributed by atoms with Gasteiger partial charge in [-0.2, -0.15) is 0 Å². The fourth-order valence-electron chi connectivity index (χ4n) is 1.98. The zero-order valence-electron chi connectivity index (χ0n) is 10.3. The first kappa shape index (κ1) is 14.1. The second-order valence-corrected chi connectivity index (χ2v) is 4.62. The molecule has 2 aromatic rings. The quantitative estimate of drug-likeness (QED) is 0.772. The molecule has 2 heteroatoms. The summed E-state index contributed by atoms with van der Waals surface area (Å²) in [7, 11) is 0. The van der Waals surface area contributed by atoms with E-state index in [2.05, 4.69) is 26.0 Å². The largest absolute Gasteiger partial charge is 0.399 e. The van der Waals surface area contributed by atoms with Crippen LogP contribution in [0.1, 0.15) is 32.8 Å². The summed E-state index contributed by atoms with van der Waals surface area (Å²) in [5.41, 5.74) is 16.8. The molecule has 0 bridgehead atoms. The molecule has 0 atom stereocenters. The first-order valence-electron chi connectivity index (χ1n) is 5.83. The van der Waals surface area contributed by atoms with Crippen molar-refractivity contribution in [2.45, 2.75) is 27.2 Å². The third-order valence-corrected chi connectivity index (χ3v) is 2.92. The van der Waals surface area contributed by atoms with Gasteiger partial charge in [-0.15, -0.1) is 0 Å². The normalized spacial score (nSPS) is 10.2. The summed E-state index contributed by atoms with van der Waals surface area (Å²) in [6.07, 6.45) is 0. The molecule has 96 valence electrons. The Bertz CT molecular complexity index is 513. The van der Waals surface area contributed by atoms with Crippen LogP contribution in [0.25, 0.3) is 11.1 Å². The van der Waals surface area contributed by atoms with Gasteiger partial charge in [0, 0.05) is 11.4 Å². The molecule has 0 saturated carbocycles. The molecule has 0 aliphatic rings. The lowest BCUT2D eigenvalue weighted by atomic mass is 9.92. The molecule has 0 unspecified atom stereocenters. The number of anilines is 2. The van der Waals surface area contributed by atoms with Crippen LogP contribution in [0, 0.1) is 0 Å². The van der Waals surface area contributed by atoms with Gasteiger partial charge in [-0.3, -0.25) is 0 Å². The van der Waals surface area contributed by atoms with Crippen molar-refractivity contribution in [3.8, 4) is 11.1 Å². The predicted molar refractivity (Wildman–Crippen MR) is 81.5 cm³/mol. The molecule has 0 saturated heterocycles. The van der Waals surface area contributed by atoms with Crippen molar-refractivity contribution in [3.63, 3.8) is 0 Å². The van der Waals surface area contributed by atoms with Crippen LogP contribution in [0.15, 0.2) is 42.5 Å². The Labute approximate surface area is 110 Å². The summed E-state index contributed by atoms with van der Waals surface area (Å²) in [6, 6.07) is 14.0. The standard InChI is InChI=1S/C15H18N2.CH4/c1-10(2)15-9-13(17)7-8-14(15)11-3-5-12(16)6-4-11;/h3-10H,16-17H2,1-2H3;1H4. The summed E-state index contributed by atoms with van der Waals surface area (Å²) in [4.78, 5) is 0. The second kappa shape index (κ2) is 5.58. The van der Waals surface area contributed by atoms with E-state index in [1.807, 2.05) is 30.3 Å². The van der Waals surface area contributed by atoms with Gasteiger partial charge in [0.15, 0.2) is 0 Å². The molecule has 0 aromatic heterocycles. The van der Waals surface area contributed by atoms with Crippen molar-refractivity contribution >= 4 is 11.4 Å². The highest BCUT2D eigenvalue weighted by molar-refractivity contribution is 5.71. The van der Waals surface area contributed by atoms with Crippen molar-refractivity contribution in [2.75, 3.05) is 11.5 Å². The minimum Gasteiger partial charge on any atom is -0.399 e. The van der Waals surface area contributed by atoms with Gasteiger partial charge in [-0.05, 0) is 46.9 Å². The molecule has 0 radical (unpaired) electrons. The highest BCUT2D eigenvalue weighted by Gasteiger charge is 2.08. The average molecular weight is 242 g/mol. The number of hydrogen-bond donors (Lipinski definition) is 2. The Balaban J connectivity index is 0.00000162. The first-order valence-corrected chi connectivity index (χ1v) is 5.83. The van der Waals surface area contributed by atoms with Crippen molar-refractivity contribution in [1.82, 2.24) is 0 Å². The third-order valence-electron chi connectivity index (χ3n) is 2.92. The van der Waals surface area contributed by atoms with E-state index in [0.29, 0.717) is 5.92 Å². The number of nitrogen functional groups attached to an aromatic ring is 2. The lowest BCUT2D eigenvalue weighted by Gasteiger charge is -2.14. The van der Waals surface area contributed by atoms with E-state index < -0.39 is 0 Å². The zero-order valence-corrected chi connectivity index (χ0v) is 10.3. The van der Waals surface area contributed by atoms with Crippen molar-refractivity contribution in [1.29, 1.82) is 0 Å². The van der Waals surface area contributed by atoms with Crippen LogP contribution in [0.2, 0.25) is 0 Å². The van der Waals surface area contributed by atoms with E-state index in [1.165, 1.54) is 16.7 Å². The van der Waals surface area contributed by atoms with Gasteiger partial charge in [-0.1, -0.05) is 39.5 Å². The SMILES string of the molecule is C.CC(C)c1cc(N)ccc1-c1ccc(N)cc1. The lowest BCUT2D eigenvalue weighted by molar-refractivity contribution is 0.869. The maximum Gasteiger partial charge on any atom is 0.0317 e. The Morgan fingerprint density at radius 3 is 1.94 bits per heavy atom. The van der Waals surface area contributed by atoms with Gasteiger partial charge in [-0.25, -0.2) is 0 Å². The molecule has 4 N–H and O–H groups in total. The van der Waals surface area contributed by atoms with E-state index in [0.717, 1.165) is 11.4 Å². The topological polar surface area (TPSA) is 52.0 Å². The van der Waals surface area contributed by atoms with Crippen LogP contribution in [0.5, 0.6) is 0 Å². The van der Waals surface area contributed by atoms with Crippen LogP contribution >= 0.6 is 0 Å². The Morgan fingerprint density at radius 2 is 1.39 bits per heavy atom. The number of nitrogens with two attached hydrogens (primary N) is 2. The number of rotatable bonds is 2. The van der Waals surface area contributed by atoms with Crippen molar-refractivity contribution in [3.05, 3.63) is 48.0 Å².